The number of amides is 2. The molecule has 2 amide bonds. The molecular weight excluding hydrogens is 474 g/mol. The molecule has 197 valence electrons. The minimum Gasteiger partial charge on any atom is -0.444 e. The van der Waals surface area contributed by atoms with Crippen LogP contribution in [0.1, 0.15) is 51.7 Å². The summed E-state index contributed by atoms with van der Waals surface area (Å²) in [5.74, 6) is -0.234. The molecule has 0 saturated carbocycles. The molecule has 0 aliphatic carbocycles. The Morgan fingerprint density at radius 3 is 2.57 bits per heavy atom. The smallest absolute Gasteiger partial charge is 0.410 e. The second kappa shape index (κ2) is 11.6. The van der Waals surface area contributed by atoms with Crippen LogP contribution in [-0.4, -0.2) is 69.7 Å². The van der Waals surface area contributed by atoms with Gasteiger partial charge in [-0.05, 0) is 55.5 Å². The number of aliphatic hydroxyl groups is 1. The molecule has 0 spiro atoms. The molecule has 1 aliphatic heterocycles. The minimum absolute atomic E-state index is 0.126. The van der Waals surface area contributed by atoms with Crippen molar-refractivity contribution in [2.75, 3.05) is 26.2 Å². The third-order valence-electron chi connectivity index (χ3n) is 6.08. The summed E-state index contributed by atoms with van der Waals surface area (Å²) in [7, 11) is 0. The van der Waals surface area contributed by atoms with Gasteiger partial charge in [0, 0.05) is 25.7 Å². The van der Waals surface area contributed by atoms with Crippen LogP contribution in [0.4, 0.5) is 10.5 Å². The fourth-order valence-electron chi connectivity index (χ4n) is 4.35. The van der Waals surface area contributed by atoms with Crippen molar-refractivity contribution in [3.05, 3.63) is 69.8 Å². The lowest BCUT2D eigenvalue weighted by molar-refractivity contribution is -0.384. The lowest BCUT2D eigenvalue weighted by Crippen LogP contribution is -2.58. The second-order valence-corrected chi connectivity index (χ2v) is 10.3. The molecule has 0 aromatic heterocycles. The first-order valence-electron chi connectivity index (χ1n) is 12.3. The molecule has 9 heteroatoms. The molecule has 1 unspecified atom stereocenters. The zero-order valence-corrected chi connectivity index (χ0v) is 21.9. The molecule has 1 fully saturated rings. The normalized spacial score (nSPS) is 16.4. The van der Waals surface area contributed by atoms with Gasteiger partial charge in [-0.2, -0.15) is 0 Å². The van der Waals surface area contributed by atoms with Crippen LogP contribution in [-0.2, 0) is 9.53 Å². The van der Waals surface area contributed by atoms with Crippen molar-refractivity contribution in [3.63, 3.8) is 0 Å². The van der Waals surface area contributed by atoms with Gasteiger partial charge in [0.1, 0.15) is 5.60 Å². The molecule has 0 bridgehead atoms. The SMILES string of the molecule is CC(C)c1ccccc1-c1c([N+](=O)[O-])[c]ccc1/C=C/C(=O)N1CCN(C(=O)OC(C)(C)C)CC1CO. The van der Waals surface area contributed by atoms with Gasteiger partial charge in [0.2, 0.25) is 5.91 Å². The predicted octanol–water partition coefficient (Wildman–Crippen LogP) is 4.64. The summed E-state index contributed by atoms with van der Waals surface area (Å²) in [4.78, 5) is 40.0. The average molecular weight is 509 g/mol. The van der Waals surface area contributed by atoms with E-state index < -0.39 is 22.7 Å². The highest BCUT2D eigenvalue weighted by Crippen LogP contribution is 2.38. The van der Waals surface area contributed by atoms with E-state index in [0.717, 1.165) is 5.56 Å². The van der Waals surface area contributed by atoms with Crippen molar-refractivity contribution in [2.24, 2.45) is 0 Å². The number of hydrogen-bond donors (Lipinski definition) is 1. The first-order valence-corrected chi connectivity index (χ1v) is 12.3. The third kappa shape index (κ3) is 6.74. The van der Waals surface area contributed by atoms with E-state index in [-0.39, 0.29) is 43.8 Å². The van der Waals surface area contributed by atoms with Crippen LogP contribution in [0.2, 0.25) is 0 Å². The highest BCUT2D eigenvalue weighted by Gasteiger charge is 2.33. The molecule has 1 saturated heterocycles. The number of carbonyl (C=O) groups is 2. The van der Waals surface area contributed by atoms with E-state index in [2.05, 4.69) is 6.07 Å². The number of nitro benzene ring substituents is 1. The van der Waals surface area contributed by atoms with Gasteiger partial charge < -0.3 is 19.6 Å². The summed E-state index contributed by atoms with van der Waals surface area (Å²) >= 11 is 0. The molecule has 1 atom stereocenters. The molecule has 2 aromatic carbocycles. The lowest BCUT2D eigenvalue weighted by Gasteiger charge is -2.40. The van der Waals surface area contributed by atoms with Crippen LogP contribution in [0.5, 0.6) is 0 Å². The molecule has 1 N–H and O–H groups in total. The van der Waals surface area contributed by atoms with Crippen molar-refractivity contribution < 1.29 is 24.4 Å². The molecule has 37 heavy (non-hydrogen) atoms. The number of aliphatic hydroxyl groups excluding tert-OH is 1. The Kier molecular flexibility index (Phi) is 8.70. The number of hydrogen-bond acceptors (Lipinski definition) is 6. The van der Waals surface area contributed by atoms with E-state index in [1.165, 1.54) is 21.9 Å². The van der Waals surface area contributed by atoms with E-state index >= 15 is 0 Å². The number of piperazine rings is 1. The van der Waals surface area contributed by atoms with E-state index in [1.54, 1.807) is 32.9 Å². The first kappa shape index (κ1) is 27.9. The number of ether oxygens (including phenoxy) is 1. The maximum Gasteiger partial charge on any atom is 0.410 e. The van der Waals surface area contributed by atoms with Gasteiger partial charge in [-0.15, -0.1) is 0 Å². The number of rotatable bonds is 6. The Hall–Kier alpha value is -3.72. The highest BCUT2D eigenvalue weighted by atomic mass is 16.6. The van der Waals surface area contributed by atoms with Crippen LogP contribution in [0, 0.1) is 16.2 Å². The van der Waals surface area contributed by atoms with Crippen molar-refractivity contribution >= 4 is 23.8 Å². The van der Waals surface area contributed by atoms with Crippen molar-refractivity contribution in [3.8, 4) is 11.1 Å². The lowest BCUT2D eigenvalue weighted by atomic mass is 9.89. The van der Waals surface area contributed by atoms with E-state index in [1.807, 2.05) is 38.1 Å². The number of carbonyl (C=O) groups excluding carboxylic acids is 2. The summed E-state index contributed by atoms with van der Waals surface area (Å²) in [6.45, 7) is 9.67. The zero-order chi connectivity index (χ0) is 27.3. The van der Waals surface area contributed by atoms with Gasteiger partial charge in [0.05, 0.1) is 29.2 Å². The Morgan fingerprint density at radius 1 is 1.24 bits per heavy atom. The van der Waals surface area contributed by atoms with Gasteiger partial charge in [-0.3, -0.25) is 14.9 Å². The molecule has 3 rings (SSSR count). The fraction of sp³-hybridized carbons (Fsp3) is 0.429. The largest absolute Gasteiger partial charge is 0.444 e. The number of nitro groups is 1. The molecule has 1 aliphatic rings. The van der Waals surface area contributed by atoms with Crippen LogP contribution < -0.4 is 0 Å². The van der Waals surface area contributed by atoms with E-state index in [9.17, 15) is 24.8 Å². The molecule has 1 radical (unpaired) electrons. The van der Waals surface area contributed by atoms with E-state index in [0.29, 0.717) is 16.7 Å². The average Bonchev–Trinajstić information content (AvgIpc) is 2.85. The molecule has 2 aromatic rings. The maximum atomic E-state index is 13.1. The Morgan fingerprint density at radius 2 is 1.95 bits per heavy atom. The van der Waals surface area contributed by atoms with E-state index in [4.69, 9.17) is 4.74 Å². The topological polar surface area (TPSA) is 113 Å². The van der Waals surface area contributed by atoms with Gasteiger partial charge in [-0.1, -0.05) is 44.2 Å². The maximum absolute atomic E-state index is 13.1. The van der Waals surface area contributed by atoms with Gasteiger partial charge >= 0.3 is 6.09 Å². The Balaban J connectivity index is 1.89. The quantitative estimate of drug-likeness (QED) is 0.346. The Labute approximate surface area is 217 Å². The minimum atomic E-state index is -0.650. The fourth-order valence-corrected chi connectivity index (χ4v) is 4.35. The van der Waals surface area contributed by atoms with Crippen molar-refractivity contribution in [1.29, 1.82) is 0 Å². The summed E-state index contributed by atoms with van der Waals surface area (Å²) in [5, 5.41) is 21.8. The second-order valence-electron chi connectivity index (χ2n) is 10.3. The molecule has 1 heterocycles. The van der Waals surface area contributed by atoms with Crippen LogP contribution in [0.3, 0.4) is 0 Å². The van der Waals surface area contributed by atoms with Crippen molar-refractivity contribution in [2.45, 2.75) is 52.2 Å². The molecular formula is C28H34N3O6. The van der Waals surface area contributed by atoms with Crippen LogP contribution in [0.25, 0.3) is 17.2 Å². The number of nitrogens with zero attached hydrogens (tertiary/aromatic N) is 3. The van der Waals surface area contributed by atoms with Crippen LogP contribution in [0.15, 0.2) is 42.5 Å². The highest BCUT2D eigenvalue weighted by molar-refractivity contribution is 5.95. The monoisotopic (exact) mass is 508 g/mol. The standard InChI is InChI=1S/C28H34N3O6/c1-19(2)22-10-6-7-11-23(22)26-20(9-8-12-24(26)31(35)36)13-14-25(33)30-16-15-29(17-21(30)18-32)27(34)37-28(3,4)5/h6-11,13-14,19,21,32H,15-18H2,1-5H3/b14-13+. The van der Waals surface area contributed by atoms with Gasteiger partial charge in [-0.25, -0.2) is 4.79 Å². The number of benzene rings is 2. The van der Waals surface area contributed by atoms with Crippen molar-refractivity contribution in [1.82, 2.24) is 9.80 Å². The van der Waals surface area contributed by atoms with Crippen LogP contribution >= 0.6 is 0 Å². The Bertz CT molecular complexity index is 1180. The predicted molar refractivity (Wildman–Crippen MR) is 141 cm³/mol. The summed E-state index contributed by atoms with van der Waals surface area (Å²) in [5.41, 5.74) is 1.76. The summed E-state index contributed by atoms with van der Waals surface area (Å²) in [6.07, 6.45) is 2.42. The first-order chi connectivity index (χ1) is 17.4. The van der Waals surface area contributed by atoms with Gasteiger partial charge in [0.25, 0.3) is 5.69 Å². The summed E-state index contributed by atoms with van der Waals surface area (Å²) in [6, 6.07) is 12.8. The zero-order valence-electron chi connectivity index (χ0n) is 21.9. The summed E-state index contributed by atoms with van der Waals surface area (Å²) < 4.78 is 5.41. The third-order valence-corrected chi connectivity index (χ3v) is 6.08. The van der Waals surface area contributed by atoms with Gasteiger partial charge in [0.15, 0.2) is 0 Å². The molecule has 9 nitrogen and oxygen atoms in total.